The predicted molar refractivity (Wildman–Crippen MR) is 124 cm³/mol. The first-order chi connectivity index (χ1) is 15.3. The summed E-state index contributed by atoms with van der Waals surface area (Å²) in [6, 6.07) is 25.8. The average molecular weight is 412 g/mol. The summed E-state index contributed by atoms with van der Waals surface area (Å²) in [5, 5.41) is 6.79. The lowest BCUT2D eigenvalue weighted by Crippen LogP contribution is -2.03. The van der Waals surface area contributed by atoms with Gasteiger partial charge in [0.25, 0.3) is 0 Å². The Morgan fingerprint density at radius 2 is 1.52 bits per heavy atom. The van der Waals surface area contributed by atoms with Crippen LogP contribution >= 0.6 is 0 Å². The molecular weight excluding hydrogens is 388 g/mol. The molecule has 0 aliphatic carbocycles. The highest BCUT2D eigenvalue weighted by molar-refractivity contribution is 5.70. The normalized spacial score (nSPS) is 10.4. The minimum absolute atomic E-state index is 0.638. The van der Waals surface area contributed by atoms with E-state index in [-0.39, 0.29) is 0 Å². The van der Waals surface area contributed by atoms with Crippen LogP contribution in [0.5, 0.6) is 11.5 Å². The minimum atomic E-state index is 0.638. The topological polar surface area (TPSA) is 68.3 Å². The molecule has 0 radical (unpaired) electrons. The van der Waals surface area contributed by atoms with Crippen molar-refractivity contribution in [2.24, 2.45) is 0 Å². The van der Waals surface area contributed by atoms with Gasteiger partial charge in [-0.2, -0.15) is 0 Å². The van der Waals surface area contributed by atoms with Crippen LogP contribution in [0.25, 0.3) is 11.3 Å². The molecule has 156 valence electrons. The smallest absolute Gasteiger partial charge is 0.134 e. The van der Waals surface area contributed by atoms with Gasteiger partial charge in [0.05, 0.1) is 19.9 Å². The van der Waals surface area contributed by atoms with Gasteiger partial charge in [-0.25, -0.2) is 9.97 Å². The fourth-order valence-corrected chi connectivity index (χ4v) is 3.32. The number of ether oxygens (including phenoxy) is 2. The molecule has 0 aliphatic rings. The van der Waals surface area contributed by atoms with E-state index in [1.807, 2.05) is 72.8 Å². The number of anilines is 3. The first-order valence-electron chi connectivity index (χ1n) is 9.95. The Bertz CT molecular complexity index is 1150. The molecule has 3 aromatic carbocycles. The molecule has 4 aromatic rings. The van der Waals surface area contributed by atoms with Crippen LogP contribution in [0.15, 0.2) is 85.2 Å². The van der Waals surface area contributed by atoms with Crippen LogP contribution in [0.2, 0.25) is 0 Å². The van der Waals surface area contributed by atoms with Crippen molar-refractivity contribution in [3.05, 3.63) is 90.8 Å². The van der Waals surface area contributed by atoms with Gasteiger partial charge in [-0.3, -0.25) is 0 Å². The van der Waals surface area contributed by atoms with Gasteiger partial charge in [-0.15, -0.1) is 0 Å². The summed E-state index contributed by atoms with van der Waals surface area (Å²) in [5.41, 5.74) is 4.71. The first-order valence-corrected chi connectivity index (χ1v) is 9.95. The Kier molecular flexibility index (Phi) is 6.28. The minimum Gasteiger partial charge on any atom is -0.496 e. The second-order valence-electron chi connectivity index (χ2n) is 6.86. The highest BCUT2D eigenvalue weighted by Gasteiger charge is 2.09. The summed E-state index contributed by atoms with van der Waals surface area (Å²) in [7, 11) is 3.33. The van der Waals surface area contributed by atoms with Crippen LogP contribution in [0.1, 0.15) is 5.56 Å². The van der Waals surface area contributed by atoms with Gasteiger partial charge in [0.15, 0.2) is 0 Å². The Morgan fingerprint density at radius 1 is 0.742 bits per heavy atom. The second kappa shape index (κ2) is 9.63. The number of nitrogens with zero attached hydrogens (tertiary/aromatic N) is 2. The molecule has 6 nitrogen and oxygen atoms in total. The Labute approximate surface area is 181 Å². The Morgan fingerprint density at radius 3 is 2.32 bits per heavy atom. The highest BCUT2D eigenvalue weighted by Crippen LogP contribution is 2.30. The number of methoxy groups -OCH3 is 2. The highest BCUT2D eigenvalue weighted by atomic mass is 16.5. The molecule has 0 saturated carbocycles. The maximum Gasteiger partial charge on any atom is 0.134 e. The number of hydrogen-bond donors (Lipinski definition) is 2. The van der Waals surface area contributed by atoms with Gasteiger partial charge >= 0.3 is 0 Å². The van der Waals surface area contributed by atoms with Gasteiger partial charge in [0, 0.05) is 35.1 Å². The van der Waals surface area contributed by atoms with Gasteiger partial charge < -0.3 is 20.1 Å². The summed E-state index contributed by atoms with van der Waals surface area (Å²) < 4.78 is 11.0. The maximum absolute atomic E-state index is 5.53. The van der Waals surface area contributed by atoms with Crippen LogP contribution in [0.3, 0.4) is 0 Å². The lowest BCUT2D eigenvalue weighted by atomic mass is 10.1. The lowest BCUT2D eigenvalue weighted by Gasteiger charge is -2.14. The van der Waals surface area contributed by atoms with Gasteiger partial charge in [0.1, 0.15) is 23.6 Å². The maximum atomic E-state index is 5.53. The molecule has 4 rings (SSSR count). The summed E-state index contributed by atoms with van der Waals surface area (Å²) in [4.78, 5) is 8.78. The molecule has 0 spiro atoms. The van der Waals surface area contributed by atoms with E-state index in [0.717, 1.165) is 39.7 Å². The summed E-state index contributed by atoms with van der Waals surface area (Å²) in [6.07, 6.45) is 1.55. The molecule has 0 aliphatic heterocycles. The van der Waals surface area contributed by atoms with Gasteiger partial charge in [-0.1, -0.05) is 30.3 Å². The molecule has 1 heterocycles. The molecule has 1 aromatic heterocycles. The van der Waals surface area contributed by atoms with E-state index in [9.17, 15) is 0 Å². The number of hydrogen-bond acceptors (Lipinski definition) is 6. The first kappa shape index (κ1) is 20.2. The standard InChI is InChI=1S/C25H24N4O2/c1-30-23-13-12-20(14-18(23)16-26-19-8-4-3-5-9-19)29-25-15-22(27-17-28-25)21-10-6-7-11-24(21)31-2/h3-15,17,26H,16H2,1-2H3,(H,27,28,29). The van der Waals surface area contributed by atoms with Crippen molar-refractivity contribution in [1.29, 1.82) is 0 Å². The van der Waals surface area contributed by atoms with Crippen LogP contribution in [-0.4, -0.2) is 24.2 Å². The van der Waals surface area contributed by atoms with E-state index in [1.165, 1.54) is 0 Å². The van der Waals surface area contributed by atoms with Crippen molar-refractivity contribution in [3.8, 4) is 22.8 Å². The number of rotatable bonds is 8. The summed E-state index contributed by atoms with van der Waals surface area (Å²) >= 11 is 0. The van der Waals surface area contributed by atoms with Crippen molar-refractivity contribution in [3.63, 3.8) is 0 Å². The van der Waals surface area contributed by atoms with E-state index in [2.05, 4.69) is 26.7 Å². The van der Waals surface area contributed by atoms with E-state index in [4.69, 9.17) is 9.47 Å². The van der Waals surface area contributed by atoms with Crippen LogP contribution in [0.4, 0.5) is 17.2 Å². The SMILES string of the molecule is COc1ccc(Nc2cc(-c3ccccc3OC)ncn2)cc1CNc1ccccc1. The average Bonchev–Trinajstić information content (AvgIpc) is 2.83. The Balaban J connectivity index is 1.55. The molecule has 6 heteroatoms. The predicted octanol–water partition coefficient (Wildman–Crippen LogP) is 5.52. The zero-order valence-corrected chi connectivity index (χ0v) is 17.5. The largest absolute Gasteiger partial charge is 0.496 e. The molecule has 31 heavy (non-hydrogen) atoms. The van der Waals surface area contributed by atoms with Crippen LogP contribution in [0, 0.1) is 0 Å². The molecule has 2 N–H and O–H groups in total. The number of para-hydroxylation sites is 2. The molecule has 0 unspecified atom stereocenters. The van der Waals surface area contributed by atoms with Crippen molar-refractivity contribution in [2.75, 3.05) is 24.9 Å². The molecule has 0 amide bonds. The van der Waals surface area contributed by atoms with Gasteiger partial charge in [-0.05, 0) is 42.5 Å². The zero-order valence-electron chi connectivity index (χ0n) is 17.5. The quantitative estimate of drug-likeness (QED) is 0.397. The fraction of sp³-hybridized carbons (Fsp3) is 0.120. The van der Waals surface area contributed by atoms with E-state index >= 15 is 0 Å². The van der Waals surface area contributed by atoms with E-state index in [1.54, 1.807) is 20.5 Å². The summed E-state index contributed by atoms with van der Waals surface area (Å²) in [5.74, 6) is 2.29. The molecule has 0 bridgehead atoms. The van der Waals surface area contributed by atoms with Crippen molar-refractivity contribution in [1.82, 2.24) is 9.97 Å². The van der Waals surface area contributed by atoms with Crippen molar-refractivity contribution >= 4 is 17.2 Å². The molecular formula is C25H24N4O2. The van der Waals surface area contributed by atoms with Crippen LogP contribution < -0.4 is 20.1 Å². The fourth-order valence-electron chi connectivity index (χ4n) is 3.32. The zero-order chi connectivity index (χ0) is 21.5. The molecule has 0 saturated heterocycles. The van der Waals surface area contributed by atoms with E-state index in [0.29, 0.717) is 12.4 Å². The third kappa shape index (κ3) is 4.93. The number of nitrogens with one attached hydrogen (secondary N) is 2. The lowest BCUT2D eigenvalue weighted by molar-refractivity contribution is 0.410. The third-order valence-corrected chi connectivity index (χ3v) is 4.86. The second-order valence-corrected chi connectivity index (χ2v) is 6.86. The monoisotopic (exact) mass is 412 g/mol. The summed E-state index contributed by atoms with van der Waals surface area (Å²) in [6.45, 7) is 0.638. The van der Waals surface area contributed by atoms with Crippen molar-refractivity contribution in [2.45, 2.75) is 6.54 Å². The molecule has 0 fully saturated rings. The van der Waals surface area contributed by atoms with Gasteiger partial charge in [0.2, 0.25) is 0 Å². The van der Waals surface area contributed by atoms with E-state index < -0.39 is 0 Å². The number of benzene rings is 3. The molecule has 0 atom stereocenters. The Hall–Kier alpha value is -4.06. The van der Waals surface area contributed by atoms with Crippen molar-refractivity contribution < 1.29 is 9.47 Å². The third-order valence-electron chi connectivity index (χ3n) is 4.86. The van der Waals surface area contributed by atoms with Crippen LogP contribution in [-0.2, 0) is 6.54 Å². The number of aromatic nitrogens is 2.